The van der Waals surface area contributed by atoms with Crippen LogP contribution in [-0.4, -0.2) is 82.3 Å². The Morgan fingerprint density at radius 1 is 0.844 bits per heavy atom. The summed E-state index contributed by atoms with van der Waals surface area (Å²) in [6, 6.07) is -5.14. The lowest BCUT2D eigenvalue weighted by atomic mass is 10.0. The Labute approximate surface area is 186 Å². The van der Waals surface area contributed by atoms with E-state index >= 15 is 0 Å². The predicted molar refractivity (Wildman–Crippen MR) is 113 cm³/mol. The molecule has 0 radical (unpaired) electrons. The molecule has 13 nitrogen and oxygen atoms in total. The Hall–Kier alpha value is -2.77. The van der Waals surface area contributed by atoms with Gasteiger partial charge in [0.1, 0.15) is 18.1 Å². The fourth-order valence-corrected chi connectivity index (χ4v) is 2.75. The summed E-state index contributed by atoms with van der Waals surface area (Å²) in [4.78, 5) is 59.4. The molecule has 0 aromatic carbocycles. The third kappa shape index (κ3) is 11.6. The van der Waals surface area contributed by atoms with Crippen LogP contribution in [0, 0.1) is 5.92 Å². The lowest BCUT2D eigenvalue weighted by Gasteiger charge is -2.25. The molecule has 0 saturated carbocycles. The Bertz CT molecular complexity index is 658. The number of aliphatic hydroxyl groups excluding tert-OH is 1. The van der Waals surface area contributed by atoms with Gasteiger partial charge < -0.3 is 42.7 Å². The first-order valence-electron chi connectivity index (χ1n) is 10.3. The molecule has 0 heterocycles. The van der Waals surface area contributed by atoms with Gasteiger partial charge in [0.05, 0.1) is 19.1 Å². The van der Waals surface area contributed by atoms with Gasteiger partial charge in [0.15, 0.2) is 0 Å². The van der Waals surface area contributed by atoms with Crippen molar-refractivity contribution in [3.63, 3.8) is 0 Å². The highest BCUT2D eigenvalue weighted by molar-refractivity contribution is 5.94. The SMILES string of the molecule is CC(C)CC(NC(=O)C(N)CC(=O)O)C(=O)NC(CCCCN)C(=O)NC(CO)C(=O)O. The molecule has 4 atom stereocenters. The van der Waals surface area contributed by atoms with Gasteiger partial charge in [0.25, 0.3) is 0 Å². The molecule has 0 aliphatic carbocycles. The van der Waals surface area contributed by atoms with Gasteiger partial charge in [-0.2, -0.15) is 0 Å². The Morgan fingerprint density at radius 2 is 1.38 bits per heavy atom. The second kappa shape index (κ2) is 15.1. The van der Waals surface area contributed by atoms with Crippen molar-refractivity contribution in [3.8, 4) is 0 Å². The number of rotatable bonds is 16. The summed E-state index contributed by atoms with van der Waals surface area (Å²) < 4.78 is 0. The number of hydrogen-bond acceptors (Lipinski definition) is 8. The van der Waals surface area contributed by atoms with E-state index in [2.05, 4.69) is 16.0 Å². The molecule has 0 aromatic heterocycles. The topological polar surface area (TPSA) is 234 Å². The summed E-state index contributed by atoms with van der Waals surface area (Å²) in [7, 11) is 0. The Kier molecular flexibility index (Phi) is 13.8. The molecule has 0 rings (SSSR count). The average molecular weight is 462 g/mol. The van der Waals surface area contributed by atoms with E-state index < -0.39 is 66.9 Å². The molecular weight excluding hydrogens is 426 g/mol. The normalized spacial score (nSPS) is 14.7. The van der Waals surface area contributed by atoms with Gasteiger partial charge in [-0.25, -0.2) is 4.79 Å². The molecule has 32 heavy (non-hydrogen) atoms. The van der Waals surface area contributed by atoms with Crippen LogP contribution in [0.5, 0.6) is 0 Å². The Balaban J connectivity index is 5.42. The lowest BCUT2D eigenvalue weighted by Crippen LogP contribution is -2.57. The summed E-state index contributed by atoms with van der Waals surface area (Å²) in [6.07, 6.45) is 0.717. The molecule has 3 amide bonds. The third-order valence-corrected chi connectivity index (χ3v) is 4.45. The minimum atomic E-state index is -1.54. The minimum Gasteiger partial charge on any atom is -0.481 e. The zero-order chi connectivity index (χ0) is 24.8. The first-order valence-corrected chi connectivity index (χ1v) is 10.3. The van der Waals surface area contributed by atoms with E-state index in [4.69, 9.17) is 26.8 Å². The van der Waals surface area contributed by atoms with Crippen molar-refractivity contribution in [2.45, 2.75) is 70.1 Å². The molecule has 10 N–H and O–H groups in total. The number of unbranched alkanes of at least 4 members (excludes halogenated alkanes) is 1. The zero-order valence-electron chi connectivity index (χ0n) is 18.4. The molecule has 0 aromatic rings. The van der Waals surface area contributed by atoms with Gasteiger partial charge >= 0.3 is 11.9 Å². The van der Waals surface area contributed by atoms with Gasteiger partial charge in [-0.05, 0) is 38.1 Å². The van der Waals surface area contributed by atoms with E-state index in [9.17, 15) is 24.0 Å². The summed E-state index contributed by atoms with van der Waals surface area (Å²) in [5.41, 5.74) is 11.0. The number of amides is 3. The minimum absolute atomic E-state index is 0.0444. The van der Waals surface area contributed by atoms with Crippen molar-refractivity contribution in [1.82, 2.24) is 16.0 Å². The molecule has 0 fully saturated rings. The van der Waals surface area contributed by atoms with Crippen LogP contribution in [0.3, 0.4) is 0 Å². The number of carboxylic acids is 2. The number of aliphatic carboxylic acids is 2. The second-order valence-electron chi connectivity index (χ2n) is 7.82. The zero-order valence-corrected chi connectivity index (χ0v) is 18.4. The number of nitrogens with one attached hydrogen (secondary N) is 3. The highest BCUT2D eigenvalue weighted by Crippen LogP contribution is 2.08. The molecule has 0 spiro atoms. The van der Waals surface area contributed by atoms with Gasteiger partial charge in [-0.3, -0.25) is 19.2 Å². The van der Waals surface area contributed by atoms with Crippen LogP contribution in [0.4, 0.5) is 0 Å². The van der Waals surface area contributed by atoms with E-state index in [0.717, 1.165) is 0 Å². The third-order valence-electron chi connectivity index (χ3n) is 4.45. The van der Waals surface area contributed by atoms with Crippen molar-refractivity contribution >= 4 is 29.7 Å². The molecule has 0 aliphatic rings. The van der Waals surface area contributed by atoms with Crippen LogP contribution < -0.4 is 27.4 Å². The summed E-state index contributed by atoms with van der Waals surface area (Å²) in [5.74, 6) is -5.11. The second-order valence-corrected chi connectivity index (χ2v) is 7.82. The van der Waals surface area contributed by atoms with Crippen LogP contribution in [0.15, 0.2) is 0 Å². The van der Waals surface area contributed by atoms with Crippen LogP contribution in [0.25, 0.3) is 0 Å². The smallest absolute Gasteiger partial charge is 0.328 e. The van der Waals surface area contributed by atoms with Gasteiger partial charge in [-0.1, -0.05) is 13.8 Å². The maximum absolute atomic E-state index is 12.8. The van der Waals surface area contributed by atoms with Crippen LogP contribution in [0.1, 0.15) is 46.0 Å². The van der Waals surface area contributed by atoms with Gasteiger partial charge in [0, 0.05) is 0 Å². The number of carboxylic acid groups (broad SMARTS) is 2. The van der Waals surface area contributed by atoms with E-state index in [1.54, 1.807) is 13.8 Å². The fourth-order valence-electron chi connectivity index (χ4n) is 2.75. The lowest BCUT2D eigenvalue weighted by molar-refractivity contribution is -0.143. The van der Waals surface area contributed by atoms with Crippen LogP contribution >= 0.6 is 0 Å². The summed E-state index contributed by atoms with van der Waals surface area (Å²) >= 11 is 0. The number of aliphatic hydroxyl groups is 1. The molecule has 4 unspecified atom stereocenters. The van der Waals surface area contributed by atoms with E-state index in [1.807, 2.05) is 0 Å². The summed E-state index contributed by atoms with van der Waals surface area (Å²) in [6.45, 7) is 3.11. The number of nitrogens with two attached hydrogens (primary N) is 2. The van der Waals surface area contributed by atoms with Gasteiger partial charge in [0.2, 0.25) is 17.7 Å². The van der Waals surface area contributed by atoms with Gasteiger partial charge in [-0.15, -0.1) is 0 Å². The van der Waals surface area contributed by atoms with Crippen molar-refractivity contribution < 1.29 is 39.3 Å². The van der Waals surface area contributed by atoms with Crippen molar-refractivity contribution in [1.29, 1.82) is 0 Å². The monoisotopic (exact) mass is 461 g/mol. The highest BCUT2D eigenvalue weighted by atomic mass is 16.4. The first kappa shape index (κ1) is 29.2. The predicted octanol–water partition coefficient (Wildman–Crippen LogP) is -2.51. The highest BCUT2D eigenvalue weighted by Gasteiger charge is 2.30. The van der Waals surface area contributed by atoms with E-state index in [0.29, 0.717) is 19.4 Å². The Morgan fingerprint density at radius 3 is 1.84 bits per heavy atom. The van der Waals surface area contributed by atoms with E-state index in [-0.39, 0.29) is 18.8 Å². The fraction of sp³-hybridized carbons (Fsp3) is 0.737. The molecule has 184 valence electrons. The number of carbonyl (C=O) groups excluding carboxylic acids is 3. The van der Waals surface area contributed by atoms with E-state index in [1.165, 1.54) is 0 Å². The maximum atomic E-state index is 12.8. The number of hydrogen-bond donors (Lipinski definition) is 8. The largest absolute Gasteiger partial charge is 0.481 e. The van der Waals surface area contributed by atoms with Crippen molar-refractivity contribution in [2.75, 3.05) is 13.2 Å². The molecule has 0 saturated heterocycles. The number of carbonyl (C=O) groups is 5. The van der Waals surface area contributed by atoms with Crippen LogP contribution in [0.2, 0.25) is 0 Å². The first-order chi connectivity index (χ1) is 14.9. The summed E-state index contributed by atoms with van der Waals surface area (Å²) in [5, 5.41) is 34.0. The molecule has 0 aliphatic heterocycles. The van der Waals surface area contributed by atoms with Crippen molar-refractivity contribution in [2.24, 2.45) is 17.4 Å². The van der Waals surface area contributed by atoms with Crippen molar-refractivity contribution in [3.05, 3.63) is 0 Å². The quantitative estimate of drug-likeness (QED) is 0.112. The molecular formula is C19H35N5O8. The van der Waals surface area contributed by atoms with Crippen LogP contribution in [-0.2, 0) is 24.0 Å². The molecule has 13 heteroatoms. The standard InChI is InChI=1S/C19H35N5O8/c1-10(2)7-13(23-16(28)11(21)8-15(26)27)18(30)22-12(5-3-4-6-20)17(29)24-14(9-25)19(31)32/h10-14,25H,3-9,20-21H2,1-2H3,(H,22,30)(H,23,28)(H,24,29)(H,26,27)(H,31,32). The maximum Gasteiger partial charge on any atom is 0.328 e. The molecule has 0 bridgehead atoms. The average Bonchev–Trinajstić information content (AvgIpc) is 2.69.